The number of hydrogen-bond acceptors (Lipinski definition) is 3. The van der Waals surface area contributed by atoms with Crippen LogP contribution in [0.4, 0.5) is 4.39 Å². The van der Waals surface area contributed by atoms with Gasteiger partial charge in [-0.25, -0.2) is 9.07 Å². The molecule has 66 valence electrons. The lowest BCUT2D eigenvalue weighted by Gasteiger charge is -1.93. The Morgan fingerprint density at radius 2 is 2.58 bits per heavy atom. The summed E-state index contributed by atoms with van der Waals surface area (Å²) in [4.78, 5) is 10.7. The molecule has 5 nitrogen and oxygen atoms in total. The second-order valence-corrected chi connectivity index (χ2v) is 2.08. The van der Waals surface area contributed by atoms with Gasteiger partial charge in [0.15, 0.2) is 6.80 Å². The van der Waals surface area contributed by atoms with Gasteiger partial charge in [-0.3, -0.25) is 4.79 Å². The summed E-state index contributed by atoms with van der Waals surface area (Å²) in [5.74, 6) is -0.647. The van der Waals surface area contributed by atoms with Crippen LogP contribution in [0.15, 0.2) is 6.20 Å². The van der Waals surface area contributed by atoms with Crippen molar-refractivity contribution in [2.75, 3.05) is 7.11 Å². The number of rotatable bonds is 3. The zero-order valence-electron chi connectivity index (χ0n) is 6.45. The molecule has 12 heavy (non-hydrogen) atoms. The fourth-order valence-electron chi connectivity index (χ4n) is 0.785. The zero-order chi connectivity index (χ0) is 9.14. The Kier molecular flexibility index (Phi) is 2.27. The number of carbonyl (C=O) groups excluding carboxylic acids is 1. The van der Waals surface area contributed by atoms with Crippen molar-refractivity contribution in [3.8, 4) is 5.88 Å². The van der Waals surface area contributed by atoms with Crippen LogP contribution >= 0.6 is 0 Å². The topological polar surface area (TPSA) is 70.1 Å². The van der Waals surface area contributed by atoms with Crippen molar-refractivity contribution >= 4 is 5.91 Å². The maximum Gasteiger partial charge on any atom is 0.255 e. The molecule has 1 heterocycles. The number of halogens is 1. The van der Waals surface area contributed by atoms with Crippen molar-refractivity contribution in [3.63, 3.8) is 0 Å². The molecule has 0 unspecified atom stereocenters. The molecule has 0 atom stereocenters. The summed E-state index contributed by atoms with van der Waals surface area (Å²) < 4.78 is 17.6. The first kappa shape index (κ1) is 8.51. The van der Waals surface area contributed by atoms with Gasteiger partial charge in [0.05, 0.1) is 7.11 Å². The van der Waals surface area contributed by atoms with Crippen LogP contribution in [-0.2, 0) is 6.80 Å². The Morgan fingerprint density at radius 3 is 2.92 bits per heavy atom. The van der Waals surface area contributed by atoms with Gasteiger partial charge in [-0.05, 0) is 0 Å². The molecule has 0 aliphatic heterocycles. The van der Waals surface area contributed by atoms with E-state index in [2.05, 4.69) is 9.84 Å². The molecule has 0 aromatic carbocycles. The van der Waals surface area contributed by atoms with E-state index < -0.39 is 12.7 Å². The number of aromatic nitrogens is 2. The van der Waals surface area contributed by atoms with E-state index in [1.807, 2.05) is 0 Å². The van der Waals surface area contributed by atoms with Crippen LogP contribution < -0.4 is 10.5 Å². The highest BCUT2D eigenvalue weighted by Crippen LogP contribution is 2.13. The van der Waals surface area contributed by atoms with Gasteiger partial charge in [-0.15, -0.1) is 5.10 Å². The molecule has 0 radical (unpaired) electrons. The van der Waals surface area contributed by atoms with Crippen LogP contribution in [-0.4, -0.2) is 22.8 Å². The molecule has 1 aromatic rings. The van der Waals surface area contributed by atoms with Crippen LogP contribution in [0.3, 0.4) is 0 Å². The highest BCUT2D eigenvalue weighted by molar-refractivity contribution is 5.94. The number of nitrogens with zero attached hydrogens (tertiary/aromatic N) is 2. The number of primary amides is 1. The Labute approximate surface area is 67.9 Å². The standard InChI is InChI=1S/C6H8FN3O2/c1-12-6-4(5(8)11)2-10(3-7)9-6/h2H,3H2,1H3,(H2,8,11). The van der Waals surface area contributed by atoms with Crippen LogP contribution in [0.25, 0.3) is 0 Å². The van der Waals surface area contributed by atoms with E-state index in [0.717, 1.165) is 4.68 Å². The summed E-state index contributed by atoms with van der Waals surface area (Å²) in [6.45, 7) is -0.816. The fourth-order valence-corrected chi connectivity index (χ4v) is 0.785. The molecule has 1 amide bonds. The molecule has 0 aliphatic rings. The molecule has 1 aromatic heterocycles. The summed E-state index contributed by atoms with van der Waals surface area (Å²) in [5.41, 5.74) is 5.04. The molecule has 6 heteroatoms. The number of hydrogen-bond donors (Lipinski definition) is 1. The Balaban J connectivity index is 3.08. The number of carbonyl (C=O) groups is 1. The van der Waals surface area contributed by atoms with Crippen LogP contribution in [0.2, 0.25) is 0 Å². The highest BCUT2D eigenvalue weighted by Gasteiger charge is 2.13. The molecule has 0 aliphatic carbocycles. The lowest BCUT2D eigenvalue weighted by atomic mass is 10.3. The second-order valence-electron chi connectivity index (χ2n) is 2.08. The van der Waals surface area contributed by atoms with Crippen molar-refractivity contribution in [1.29, 1.82) is 0 Å². The Hall–Kier alpha value is -1.59. The fraction of sp³-hybridized carbons (Fsp3) is 0.333. The van der Waals surface area contributed by atoms with E-state index in [1.165, 1.54) is 13.3 Å². The van der Waals surface area contributed by atoms with Gasteiger partial charge in [-0.2, -0.15) is 0 Å². The maximum absolute atomic E-state index is 12.0. The summed E-state index contributed by atoms with van der Waals surface area (Å²) in [6, 6.07) is 0. The van der Waals surface area contributed by atoms with E-state index in [1.54, 1.807) is 0 Å². The molecule has 0 fully saturated rings. The van der Waals surface area contributed by atoms with Crippen molar-refractivity contribution in [3.05, 3.63) is 11.8 Å². The molecule has 2 N–H and O–H groups in total. The quantitative estimate of drug-likeness (QED) is 0.694. The molecular formula is C6H8FN3O2. The van der Waals surface area contributed by atoms with Crippen molar-refractivity contribution in [2.45, 2.75) is 6.80 Å². The number of amides is 1. The number of nitrogens with two attached hydrogens (primary N) is 1. The average Bonchev–Trinajstić information content (AvgIpc) is 2.47. The monoisotopic (exact) mass is 173 g/mol. The van der Waals surface area contributed by atoms with Gasteiger partial charge < -0.3 is 10.5 Å². The van der Waals surface area contributed by atoms with Gasteiger partial charge >= 0.3 is 0 Å². The second kappa shape index (κ2) is 3.21. The van der Waals surface area contributed by atoms with Gasteiger partial charge in [0.25, 0.3) is 5.91 Å². The lowest BCUT2D eigenvalue weighted by Crippen LogP contribution is -2.11. The maximum atomic E-state index is 12.0. The molecule has 0 spiro atoms. The van der Waals surface area contributed by atoms with Crippen LogP contribution in [0.1, 0.15) is 10.4 Å². The van der Waals surface area contributed by atoms with Crippen LogP contribution in [0, 0.1) is 0 Å². The van der Waals surface area contributed by atoms with Gasteiger partial charge in [0.1, 0.15) is 5.56 Å². The molecular weight excluding hydrogens is 165 g/mol. The van der Waals surface area contributed by atoms with E-state index in [9.17, 15) is 9.18 Å². The minimum atomic E-state index is -0.816. The molecule has 0 saturated heterocycles. The van der Waals surface area contributed by atoms with Gasteiger partial charge in [0.2, 0.25) is 5.88 Å². The Bertz CT molecular complexity index is 297. The van der Waals surface area contributed by atoms with Gasteiger partial charge in [-0.1, -0.05) is 0 Å². The largest absolute Gasteiger partial charge is 0.479 e. The van der Waals surface area contributed by atoms with E-state index in [-0.39, 0.29) is 11.4 Å². The number of methoxy groups -OCH3 is 1. The SMILES string of the molecule is COc1nn(CF)cc1C(N)=O. The first-order chi connectivity index (χ1) is 5.69. The number of alkyl halides is 1. The average molecular weight is 173 g/mol. The van der Waals surface area contributed by atoms with E-state index in [4.69, 9.17) is 5.73 Å². The van der Waals surface area contributed by atoms with E-state index >= 15 is 0 Å². The third kappa shape index (κ3) is 1.36. The van der Waals surface area contributed by atoms with Crippen molar-refractivity contribution in [1.82, 2.24) is 9.78 Å². The smallest absolute Gasteiger partial charge is 0.255 e. The minimum Gasteiger partial charge on any atom is -0.479 e. The molecule has 0 bridgehead atoms. The minimum absolute atomic E-state index is 0.0418. The molecule has 0 saturated carbocycles. The first-order valence-electron chi connectivity index (χ1n) is 3.16. The highest BCUT2D eigenvalue weighted by atomic mass is 19.1. The Morgan fingerprint density at radius 1 is 1.92 bits per heavy atom. The number of ether oxygens (including phenoxy) is 1. The summed E-state index contributed by atoms with van der Waals surface area (Å²) >= 11 is 0. The predicted molar refractivity (Wildman–Crippen MR) is 38.4 cm³/mol. The van der Waals surface area contributed by atoms with Crippen molar-refractivity contribution < 1.29 is 13.9 Å². The third-order valence-corrected chi connectivity index (χ3v) is 1.31. The summed E-state index contributed by atoms with van der Waals surface area (Å²) in [6.07, 6.45) is 1.20. The molecule has 1 rings (SSSR count). The summed E-state index contributed by atoms with van der Waals surface area (Å²) in [7, 11) is 1.33. The van der Waals surface area contributed by atoms with E-state index in [0.29, 0.717) is 0 Å². The predicted octanol–water partition coefficient (Wildman–Crippen LogP) is -0.0824. The third-order valence-electron chi connectivity index (χ3n) is 1.31. The normalized spacial score (nSPS) is 9.83. The van der Waals surface area contributed by atoms with Gasteiger partial charge in [0, 0.05) is 6.20 Å². The lowest BCUT2D eigenvalue weighted by molar-refractivity contribution is 0.0997. The first-order valence-corrected chi connectivity index (χ1v) is 3.16. The zero-order valence-corrected chi connectivity index (χ0v) is 6.45. The summed E-state index contributed by atoms with van der Waals surface area (Å²) in [5, 5.41) is 3.59. The van der Waals surface area contributed by atoms with Crippen molar-refractivity contribution in [2.24, 2.45) is 5.73 Å². The van der Waals surface area contributed by atoms with Crippen LogP contribution in [0.5, 0.6) is 5.88 Å².